The van der Waals surface area contributed by atoms with Gasteiger partial charge in [0.2, 0.25) is 0 Å². The van der Waals surface area contributed by atoms with Gasteiger partial charge in [-0.05, 0) is 67.8 Å². The Labute approximate surface area is 177 Å². The van der Waals surface area contributed by atoms with Gasteiger partial charge in [0.1, 0.15) is 5.76 Å². The van der Waals surface area contributed by atoms with Gasteiger partial charge in [0.25, 0.3) is 15.7 Å². The molecule has 3 aromatic rings. The van der Waals surface area contributed by atoms with E-state index in [0.29, 0.717) is 12.2 Å². The molecule has 5 nitrogen and oxygen atoms in total. The number of carbonyl (C=O) groups excluding carboxylic acids is 1. The second-order valence-electron chi connectivity index (χ2n) is 7.25. The van der Waals surface area contributed by atoms with Crippen molar-refractivity contribution in [1.29, 1.82) is 0 Å². The Morgan fingerprint density at radius 2 is 1.65 bits per heavy atom. The van der Waals surface area contributed by atoms with Crippen LogP contribution in [-0.2, 0) is 16.3 Å². The molecule has 1 amide bonds. The van der Waals surface area contributed by atoms with E-state index in [-0.39, 0.29) is 11.4 Å². The number of rotatable bonds is 5. The molecule has 2 aromatic carbocycles. The first-order valence-corrected chi connectivity index (χ1v) is 10.7. The molecule has 3 rings (SSSR count). The maximum Gasteiger partial charge on any atom is 0.501 e. The molecule has 0 bridgehead atoms. The first-order chi connectivity index (χ1) is 14.4. The standard InChI is InChI=1S/C22H20F3NO4S/c1-13-9-14(2)19(15(3)10-13)12-17-7-8-20(30-17)21(27)26-16-5-4-6-18(11-16)31(28,29)22(23,24)25/h4-11H,12H2,1-3H3,(H,26,27). The highest BCUT2D eigenvalue weighted by Gasteiger charge is 2.46. The van der Waals surface area contributed by atoms with Gasteiger partial charge in [-0.1, -0.05) is 23.8 Å². The highest BCUT2D eigenvalue weighted by atomic mass is 32.2. The van der Waals surface area contributed by atoms with Gasteiger partial charge >= 0.3 is 5.51 Å². The third-order valence-electron chi connectivity index (χ3n) is 4.78. The topological polar surface area (TPSA) is 76.4 Å². The fourth-order valence-corrected chi connectivity index (χ4v) is 4.13. The van der Waals surface area contributed by atoms with Gasteiger partial charge in [-0.3, -0.25) is 4.79 Å². The zero-order chi connectivity index (χ0) is 23.0. The van der Waals surface area contributed by atoms with E-state index >= 15 is 0 Å². The molecular weight excluding hydrogens is 431 g/mol. The van der Waals surface area contributed by atoms with E-state index in [1.54, 1.807) is 6.07 Å². The number of aryl methyl sites for hydroxylation is 3. The Kier molecular flexibility index (Phi) is 6.00. The molecule has 0 fully saturated rings. The van der Waals surface area contributed by atoms with Gasteiger partial charge in [-0.2, -0.15) is 13.2 Å². The van der Waals surface area contributed by atoms with Gasteiger partial charge in [0, 0.05) is 12.1 Å². The minimum absolute atomic E-state index is 0.0403. The van der Waals surface area contributed by atoms with Crippen LogP contribution in [0.4, 0.5) is 18.9 Å². The van der Waals surface area contributed by atoms with Crippen LogP contribution < -0.4 is 5.32 Å². The number of carbonyl (C=O) groups is 1. The molecule has 0 saturated heterocycles. The van der Waals surface area contributed by atoms with Crippen LogP contribution in [0.2, 0.25) is 0 Å². The molecule has 9 heteroatoms. The van der Waals surface area contributed by atoms with Crippen LogP contribution in [0.25, 0.3) is 0 Å². The van der Waals surface area contributed by atoms with E-state index < -0.39 is 26.1 Å². The summed E-state index contributed by atoms with van der Waals surface area (Å²) in [5.41, 5.74) is -1.11. The molecule has 0 aliphatic carbocycles. The number of amides is 1. The summed E-state index contributed by atoms with van der Waals surface area (Å²) in [7, 11) is -5.52. The molecule has 0 aliphatic heterocycles. The third kappa shape index (κ3) is 4.82. The summed E-state index contributed by atoms with van der Waals surface area (Å²) in [4.78, 5) is 11.5. The molecule has 1 aromatic heterocycles. The Balaban J connectivity index is 1.78. The second kappa shape index (κ2) is 8.22. The zero-order valence-electron chi connectivity index (χ0n) is 17.0. The van der Waals surface area contributed by atoms with E-state index in [0.717, 1.165) is 40.5 Å². The van der Waals surface area contributed by atoms with Crippen molar-refractivity contribution in [3.05, 3.63) is 82.3 Å². The van der Waals surface area contributed by atoms with Crippen LogP contribution in [-0.4, -0.2) is 19.8 Å². The van der Waals surface area contributed by atoms with Crippen molar-refractivity contribution < 1.29 is 30.8 Å². The maximum atomic E-state index is 12.7. The number of furan rings is 1. The normalized spacial score (nSPS) is 12.1. The predicted octanol–water partition coefficient (Wildman–Crippen LogP) is 5.34. The quantitative estimate of drug-likeness (QED) is 0.568. The van der Waals surface area contributed by atoms with Gasteiger partial charge in [0.05, 0.1) is 4.90 Å². The fraction of sp³-hybridized carbons (Fsp3) is 0.227. The highest BCUT2D eigenvalue weighted by molar-refractivity contribution is 7.92. The molecule has 0 radical (unpaired) electrons. The lowest BCUT2D eigenvalue weighted by Gasteiger charge is -2.10. The van der Waals surface area contributed by atoms with Gasteiger partial charge in [0.15, 0.2) is 5.76 Å². The first kappa shape index (κ1) is 22.6. The molecule has 31 heavy (non-hydrogen) atoms. The monoisotopic (exact) mass is 451 g/mol. The molecule has 0 aliphatic rings. The molecular formula is C22H20F3NO4S. The molecule has 0 atom stereocenters. The summed E-state index contributed by atoms with van der Waals surface area (Å²) in [6.45, 7) is 6.00. The summed E-state index contributed by atoms with van der Waals surface area (Å²) in [6.07, 6.45) is 0.477. The van der Waals surface area contributed by atoms with E-state index in [2.05, 4.69) is 17.4 Å². The number of hydrogen-bond acceptors (Lipinski definition) is 4. The van der Waals surface area contributed by atoms with Crippen LogP contribution in [0, 0.1) is 20.8 Å². The Bertz CT molecular complexity index is 1220. The van der Waals surface area contributed by atoms with Crippen molar-refractivity contribution in [3.8, 4) is 0 Å². The van der Waals surface area contributed by atoms with Crippen molar-refractivity contribution in [1.82, 2.24) is 0 Å². The molecule has 1 N–H and O–H groups in total. The van der Waals surface area contributed by atoms with Gasteiger partial charge in [-0.15, -0.1) is 0 Å². The van der Waals surface area contributed by atoms with Crippen molar-refractivity contribution in [2.24, 2.45) is 0 Å². The van der Waals surface area contributed by atoms with E-state index in [4.69, 9.17) is 4.42 Å². The molecule has 0 saturated carbocycles. The average Bonchev–Trinajstić information content (AvgIpc) is 3.13. The minimum atomic E-state index is -5.52. The molecule has 1 heterocycles. The van der Waals surface area contributed by atoms with Crippen LogP contribution in [0.1, 0.15) is 38.6 Å². The van der Waals surface area contributed by atoms with Crippen LogP contribution in [0.3, 0.4) is 0 Å². The number of nitrogens with one attached hydrogen (secondary N) is 1. The Hall–Kier alpha value is -3.07. The maximum absolute atomic E-state index is 12.7. The second-order valence-corrected chi connectivity index (χ2v) is 9.19. The average molecular weight is 451 g/mol. The zero-order valence-corrected chi connectivity index (χ0v) is 17.8. The predicted molar refractivity (Wildman–Crippen MR) is 110 cm³/mol. The highest BCUT2D eigenvalue weighted by Crippen LogP contribution is 2.31. The summed E-state index contributed by atoms with van der Waals surface area (Å²) in [5, 5.41) is 2.37. The largest absolute Gasteiger partial charge is 0.501 e. The number of benzene rings is 2. The van der Waals surface area contributed by atoms with Crippen molar-refractivity contribution >= 4 is 21.4 Å². The third-order valence-corrected chi connectivity index (χ3v) is 6.27. The number of hydrogen-bond donors (Lipinski definition) is 1. The smallest absolute Gasteiger partial charge is 0.456 e. The van der Waals surface area contributed by atoms with Crippen LogP contribution >= 0.6 is 0 Å². The molecule has 164 valence electrons. The first-order valence-electron chi connectivity index (χ1n) is 9.26. The number of halogens is 3. The number of anilines is 1. The summed E-state index contributed by atoms with van der Waals surface area (Å²) in [6, 6.07) is 11.2. The minimum Gasteiger partial charge on any atom is -0.456 e. The van der Waals surface area contributed by atoms with E-state index in [1.165, 1.54) is 12.1 Å². The molecule has 0 unspecified atom stereocenters. The SMILES string of the molecule is Cc1cc(C)c(Cc2ccc(C(=O)Nc3cccc(S(=O)(=O)C(F)(F)F)c3)o2)c(C)c1. The summed E-state index contributed by atoms with van der Waals surface area (Å²) in [5.74, 6) is -0.194. The van der Waals surface area contributed by atoms with Crippen molar-refractivity contribution in [2.45, 2.75) is 37.6 Å². The van der Waals surface area contributed by atoms with Crippen LogP contribution in [0.5, 0.6) is 0 Å². The van der Waals surface area contributed by atoms with Gasteiger partial charge < -0.3 is 9.73 Å². The lowest BCUT2D eigenvalue weighted by Crippen LogP contribution is -2.23. The summed E-state index contributed by atoms with van der Waals surface area (Å²) >= 11 is 0. The lowest BCUT2D eigenvalue weighted by atomic mass is 9.97. The van der Waals surface area contributed by atoms with Crippen LogP contribution in [0.15, 0.2) is 57.8 Å². The number of alkyl halides is 3. The fourth-order valence-electron chi connectivity index (χ4n) is 3.33. The molecule has 0 spiro atoms. The summed E-state index contributed by atoms with van der Waals surface area (Å²) < 4.78 is 67.0. The Morgan fingerprint density at radius 3 is 2.26 bits per heavy atom. The van der Waals surface area contributed by atoms with Crippen molar-refractivity contribution in [3.63, 3.8) is 0 Å². The Morgan fingerprint density at radius 1 is 1.00 bits per heavy atom. The number of sulfone groups is 1. The van der Waals surface area contributed by atoms with Gasteiger partial charge in [-0.25, -0.2) is 8.42 Å². The lowest BCUT2D eigenvalue weighted by molar-refractivity contribution is -0.0436. The van der Waals surface area contributed by atoms with E-state index in [1.807, 2.05) is 20.8 Å². The van der Waals surface area contributed by atoms with E-state index in [9.17, 15) is 26.4 Å². The van der Waals surface area contributed by atoms with Crippen molar-refractivity contribution in [2.75, 3.05) is 5.32 Å².